The van der Waals surface area contributed by atoms with Crippen molar-refractivity contribution in [2.45, 2.75) is 51.6 Å². The monoisotopic (exact) mass is 581 g/mol. The second-order valence-electron chi connectivity index (χ2n) is 10.1. The minimum atomic E-state index is -4.42. The topological polar surface area (TPSA) is 63.7 Å². The highest BCUT2D eigenvalue weighted by Crippen LogP contribution is 2.33. The number of rotatable bonds is 11. The molecule has 6 nitrogen and oxygen atoms in total. The quantitative estimate of drug-likeness (QED) is 0.210. The van der Waals surface area contributed by atoms with E-state index in [0.29, 0.717) is 40.9 Å². The van der Waals surface area contributed by atoms with E-state index >= 15 is 0 Å². The molecule has 0 saturated carbocycles. The van der Waals surface area contributed by atoms with Gasteiger partial charge >= 0.3 is 6.18 Å². The number of hydrogen-bond acceptors (Lipinski definition) is 6. The molecule has 1 atom stereocenters. The number of nitrogens with zero attached hydrogens (tertiary/aromatic N) is 2. The molecule has 0 fully saturated rings. The van der Waals surface area contributed by atoms with Crippen LogP contribution >= 0.6 is 11.3 Å². The molecule has 214 valence electrons. The number of amides is 1. The third-order valence-electron chi connectivity index (χ3n) is 6.73. The van der Waals surface area contributed by atoms with Crippen LogP contribution in [0.4, 0.5) is 13.2 Å². The molecule has 1 amide bonds. The van der Waals surface area contributed by atoms with Crippen molar-refractivity contribution >= 4 is 17.2 Å². The first kappa shape index (κ1) is 28.6. The first-order valence-electron chi connectivity index (χ1n) is 13.3. The van der Waals surface area contributed by atoms with E-state index in [1.54, 1.807) is 11.4 Å². The number of nitrogens with one attached hydrogen (secondary N) is 1. The van der Waals surface area contributed by atoms with E-state index < -0.39 is 11.7 Å². The van der Waals surface area contributed by atoms with Gasteiger partial charge in [0.2, 0.25) is 6.79 Å². The average Bonchev–Trinajstić information content (AvgIpc) is 3.62. The Morgan fingerprint density at radius 2 is 1.68 bits per heavy atom. The zero-order chi connectivity index (χ0) is 28.8. The minimum Gasteiger partial charge on any atom is -0.454 e. The number of ether oxygens (including phenoxy) is 2. The summed E-state index contributed by atoms with van der Waals surface area (Å²) >= 11 is 1.35. The van der Waals surface area contributed by atoms with Gasteiger partial charge in [0.05, 0.1) is 12.1 Å². The lowest BCUT2D eigenvalue weighted by Crippen LogP contribution is -2.33. The normalized spacial score (nSPS) is 13.4. The largest absolute Gasteiger partial charge is 0.454 e. The second kappa shape index (κ2) is 12.7. The summed E-state index contributed by atoms with van der Waals surface area (Å²) < 4.78 is 50.9. The number of thiazole rings is 1. The maximum Gasteiger partial charge on any atom is 0.416 e. The Labute approximate surface area is 240 Å². The molecule has 3 aromatic carbocycles. The number of hydrogen-bond donors (Lipinski definition) is 1. The Kier molecular flexibility index (Phi) is 8.90. The van der Waals surface area contributed by atoms with Gasteiger partial charge in [-0.15, -0.1) is 11.3 Å². The van der Waals surface area contributed by atoms with Crippen molar-refractivity contribution in [2.24, 2.45) is 0 Å². The predicted octanol–water partition coefficient (Wildman–Crippen LogP) is 6.84. The highest BCUT2D eigenvalue weighted by atomic mass is 32.1. The summed E-state index contributed by atoms with van der Waals surface area (Å²) in [4.78, 5) is 19.4. The van der Waals surface area contributed by atoms with Crippen LogP contribution in [0, 0.1) is 0 Å². The number of aryl methyl sites for hydroxylation is 1. The van der Waals surface area contributed by atoms with Gasteiger partial charge in [-0.3, -0.25) is 9.69 Å². The van der Waals surface area contributed by atoms with Crippen LogP contribution in [0.2, 0.25) is 0 Å². The molecular weight excluding hydrogens is 551 g/mol. The third-order valence-corrected chi connectivity index (χ3v) is 7.57. The molecule has 0 unspecified atom stereocenters. The van der Waals surface area contributed by atoms with Crippen molar-refractivity contribution < 1.29 is 27.4 Å². The lowest BCUT2D eigenvalue weighted by molar-refractivity contribution is -0.137. The molecule has 0 saturated heterocycles. The molecule has 1 aliphatic heterocycles. The van der Waals surface area contributed by atoms with Crippen LogP contribution in [-0.2, 0) is 32.2 Å². The SMILES string of the molecule is C[C@H](CCc1ccccc1)NC(=O)c1csc(CN(Cc2cccc(C(F)(F)F)c2)Cc2ccc3c(c2)OCO3)n1. The number of carbonyl (C=O) groups is 1. The third kappa shape index (κ3) is 7.86. The molecule has 1 N–H and O–H groups in total. The van der Waals surface area contributed by atoms with Gasteiger partial charge in [-0.2, -0.15) is 13.2 Å². The van der Waals surface area contributed by atoms with Gasteiger partial charge < -0.3 is 14.8 Å². The zero-order valence-electron chi connectivity index (χ0n) is 22.5. The standard InChI is InChI=1S/C31H30F3N3O3S/c1-21(10-11-22-6-3-2-4-7-22)35-30(38)26-19-41-29(36-26)18-37(16-23-8-5-9-25(14-23)31(32,33)34)17-24-12-13-27-28(15-24)40-20-39-27/h2-9,12-15,19,21H,10-11,16-18,20H2,1H3,(H,35,38)/t21-/m1/s1. The van der Waals surface area contributed by atoms with Crippen molar-refractivity contribution in [2.75, 3.05) is 6.79 Å². The molecule has 1 aliphatic rings. The Balaban J connectivity index is 1.26. The van der Waals surface area contributed by atoms with E-state index in [-0.39, 0.29) is 25.3 Å². The predicted molar refractivity (Wildman–Crippen MR) is 151 cm³/mol. The van der Waals surface area contributed by atoms with Crippen molar-refractivity contribution in [1.29, 1.82) is 0 Å². The lowest BCUT2D eigenvalue weighted by atomic mass is 10.1. The summed E-state index contributed by atoms with van der Waals surface area (Å²) in [5.41, 5.74) is 2.31. The molecule has 5 rings (SSSR count). The van der Waals surface area contributed by atoms with Crippen LogP contribution in [0.1, 0.15) is 51.1 Å². The van der Waals surface area contributed by atoms with Gasteiger partial charge in [0.15, 0.2) is 11.5 Å². The van der Waals surface area contributed by atoms with E-state index in [0.717, 1.165) is 24.5 Å². The highest BCUT2D eigenvalue weighted by Gasteiger charge is 2.30. The van der Waals surface area contributed by atoms with E-state index in [2.05, 4.69) is 22.4 Å². The average molecular weight is 582 g/mol. The van der Waals surface area contributed by atoms with Crippen LogP contribution in [0.5, 0.6) is 11.5 Å². The number of carbonyl (C=O) groups excluding carboxylic acids is 1. The van der Waals surface area contributed by atoms with E-state index in [1.165, 1.54) is 29.0 Å². The van der Waals surface area contributed by atoms with Gasteiger partial charge in [-0.25, -0.2) is 4.98 Å². The molecule has 41 heavy (non-hydrogen) atoms. The Hall–Kier alpha value is -3.89. The minimum absolute atomic E-state index is 0.0312. The number of halogens is 3. The maximum absolute atomic E-state index is 13.3. The van der Waals surface area contributed by atoms with Crippen LogP contribution in [0.3, 0.4) is 0 Å². The summed E-state index contributed by atoms with van der Waals surface area (Å²) in [5, 5.41) is 5.43. The van der Waals surface area contributed by atoms with Crippen molar-refractivity contribution in [3.63, 3.8) is 0 Å². The molecule has 2 heterocycles. The van der Waals surface area contributed by atoms with Crippen LogP contribution < -0.4 is 14.8 Å². The van der Waals surface area contributed by atoms with Crippen molar-refractivity contribution in [1.82, 2.24) is 15.2 Å². The second-order valence-corrected chi connectivity index (χ2v) is 11.0. The van der Waals surface area contributed by atoms with E-state index in [4.69, 9.17) is 9.47 Å². The fraction of sp³-hybridized carbons (Fsp3) is 0.290. The van der Waals surface area contributed by atoms with Gasteiger partial charge in [0, 0.05) is 24.5 Å². The van der Waals surface area contributed by atoms with Gasteiger partial charge in [-0.05, 0) is 54.7 Å². The summed E-state index contributed by atoms with van der Waals surface area (Å²) in [7, 11) is 0. The number of alkyl halides is 3. The smallest absolute Gasteiger partial charge is 0.416 e. The van der Waals surface area contributed by atoms with E-state index in [1.807, 2.05) is 48.2 Å². The molecular formula is C31H30F3N3O3S. The zero-order valence-corrected chi connectivity index (χ0v) is 23.3. The van der Waals surface area contributed by atoms with Crippen LogP contribution in [0.25, 0.3) is 0 Å². The molecule has 10 heteroatoms. The highest BCUT2D eigenvalue weighted by molar-refractivity contribution is 7.09. The van der Waals surface area contributed by atoms with Gasteiger partial charge in [0.1, 0.15) is 10.7 Å². The molecule has 0 spiro atoms. The first-order valence-corrected chi connectivity index (χ1v) is 14.2. The van der Waals surface area contributed by atoms with Crippen LogP contribution in [0.15, 0.2) is 78.2 Å². The first-order chi connectivity index (χ1) is 19.7. The fourth-order valence-electron chi connectivity index (χ4n) is 4.65. The Bertz CT molecular complexity index is 1480. The number of benzene rings is 3. The lowest BCUT2D eigenvalue weighted by Gasteiger charge is -2.22. The molecule has 1 aromatic heterocycles. The van der Waals surface area contributed by atoms with Gasteiger partial charge in [-0.1, -0.05) is 54.6 Å². The van der Waals surface area contributed by atoms with Crippen molar-refractivity contribution in [3.8, 4) is 11.5 Å². The summed E-state index contributed by atoms with van der Waals surface area (Å²) in [6, 6.07) is 21.0. The molecule has 0 bridgehead atoms. The molecule has 0 radical (unpaired) electrons. The van der Waals surface area contributed by atoms with Crippen molar-refractivity contribution in [3.05, 3.63) is 111 Å². The fourth-order valence-corrected chi connectivity index (χ4v) is 5.46. The van der Waals surface area contributed by atoms with Gasteiger partial charge in [0.25, 0.3) is 5.91 Å². The summed E-state index contributed by atoms with van der Waals surface area (Å²) in [6.07, 6.45) is -2.77. The Morgan fingerprint density at radius 1 is 0.951 bits per heavy atom. The molecule has 0 aliphatic carbocycles. The van der Waals surface area contributed by atoms with E-state index in [9.17, 15) is 18.0 Å². The maximum atomic E-state index is 13.3. The summed E-state index contributed by atoms with van der Waals surface area (Å²) in [6.45, 7) is 3.17. The Morgan fingerprint density at radius 3 is 2.46 bits per heavy atom. The number of fused-ring (bicyclic) bond motifs is 1. The number of aromatic nitrogens is 1. The summed E-state index contributed by atoms with van der Waals surface area (Å²) in [5.74, 6) is 1.05. The molecule has 4 aromatic rings. The van der Waals surface area contributed by atoms with Crippen LogP contribution in [-0.4, -0.2) is 28.6 Å².